The Morgan fingerprint density at radius 2 is 1.86 bits per heavy atom. The first-order valence-electron chi connectivity index (χ1n) is 5.98. The van der Waals surface area contributed by atoms with Gasteiger partial charge in [-0.15, -0.1) is 0 Å². The van der Waals surface area contributed by atoms with Crippen molar-refractivity contribution in [1.82, 2.24) is 5.32 Å². The number of alkyl halides is 3. The summed E-state index contributed by atoms with van der Waals surface area (Å²) < 4.78 is 39.6. The van der Waals surface area contributed by atoms with Crippen molar-refractivity contribution >= 4 is 11.9 Å². The number of rotatable bonds is 7. The number of hydrogen-bond acceptors (Lipinski definition) is 3. The van der Waals surface area contributed by atoms with Crippen molar-refractivity contribution in [1.29, 1.82) is 0 Å². The van der Waals surface area contributed by atoms with Crippen molar-refractivity contribution < 1.29 is 32.6 Å². The molecule has 1 rings (SSSR count). The quantitative estimate of drug-likeness (QED) is 0.801. The molecule has 0 saturated carbocycles. The monoisotopic (exact) mass is 305 g/mol. The minimum absolute atomic E-state index is 0.229. The van der Waals surface area contributed by atoms with E-state index in [9.17, 15) is 22.8 Å². The molecule has 0 spiro atoms. The number of halogens is 3. The number of benzene rings is 1. The second kappa shape index (κ2) is 7.63. The highest BCUT2D eigenvalue weighted by Crippen LogP contribution is 2.15. The third kappa shape index (κ3) is 6.75. The van der Waals surface area contributed by atoms with Gasteiger partial charge in [-0.2, -0.15) is 13.2 Å². The SMILES string of the molecule is O=C(COCC(F)(F)F)NCC(C(=O)O)c1ccccc1. The molecule has 0 radical (unpaired) electrons. The molecule has 1 amide bonds. The zero-order chi connectivity index (χ0) is 15.9. The molecule has 0 fully saturated rings. The average molecular weight is 305 g/mol. The van der Waals surface area contributed by atoms with Gasteiger partial charge < -0.3 is 15.2 Å². The van der Waals surface area contributed by atoms with Gasteiger partial charge in [0.25, 0.3) is 0 Å². The molecule has 1 atom stereocenters. The van der Waals surface area contributed by atoms with Crippen molar-refractivity contribution in [2.45, 2.75) is 12.1 Å². The molecular weight excluding hydrogens is 291 g/mol. The minimum atomic E-state index is -4.51. The van der Waals surface area contributed by atoms with E-state index < -0.39 is 37.2 Å². The van der Waals surface area contributed by atoms with Gasteiger partial charge in [0.15, 0.2) is 0 Å². The Bertz CT molecular complexity index is 476. The van der Waals surface area contributed by atoms with Crippen LogP contribution in [0.15, 0.2) is 30.3 Å². The molecule has 21 heavy (non-hydrogen) atoms. The van der Waals surface area contributed by atoms with Crippen LogP contribution in [0.4, 0.5) is 13.2 Å². The van der Waals surface area contributed by atoms with Crippen molar-refractivity contribution in [3.63, 3.8) is 0 Å². The highest BCUT2D eigenvalue weighted by Gasteiger charge is 2.28. The molecule has 0 saturated heterocycles. The van der Waals surface area contributed by atoms with E-state index >= 15 is 0 Å². The largest absolute Gasteiger partial charge is 0.481 e. The fourth-order valence-electron chi connectivity index (χ4n) is 1.56. The summed E-state index contributed by atoms with van der Waals surface area (Å²) in [7, 11) is 0. The smallest absolute Gasteiger partial charge is 0.411 e. The Balaban J connectivity index is 2.44. The first-order chi connectivity index (χ1) is 9.79. The minimum Gasteiger partial charge on any atom is -0.481 e. The molecule has 2 N–H and O–H groups in total. The molecule has 0 aromatic heterocycles. The van der Waals surface area contributed by atoms with Gasteiger partial charge in [0, 0.05) is 6.54 Å². The Kier molecular flexibility index (Phi) is 6.16. The van der Waals surface area contributed by atoms with E-state index in [2.05, 4.69) is 10.1 Å². The lowest BCUT2D eigenvalue weighted by atomic mass is 9.99. The van der Waals surface area contributed by atoms with E-state index in [0.717, 1.165) is 0 Å². The van der Waals surface area contributed by atoms with Gasteiger partial charge in [0.1, 0.15) is 13.2 Å². The van der Waals surface area contributed by atoms with Crippen LogP contribution in [0.2, 0.25) is 0 Å². The molecule has 8 heteroatoms. The van der Waals surface area contributed by atoms with Gasteiger partial charge in [0.2, 0.25) is 5.91 Å². The van der Waals surface area contributed by atoms with E-state index in [1.807, 2.05) is 0 Å². The summed E-state index contributed by atoms with van der Waals surface area (Å²) in [4.78, 5) is 22.4. The number of nitrogens with one attached hydrogen (secondary N) is 1. The average Bonchev–Trinajstić information content (AvgIpc) is 2.38. The topological polar surface area (TPSA) is 75.6 Å². The van der Waals surface area contributed by atoms with Crippen LogP contribution in [0.3, 0.4) is 0 Å². The fraction of sp³-hybridized carbons (Fsp3) is 0.385. The molecule has 1 aromatic rings. The van der Waals surface area contributed by atoms with Gasteiger partial charge in [-0.05, 0) is 5.56 Å². The van der Waals surface area contributed by atoms with Crippen LogP contribution >= 0.6 is 0 Å². The lowest BCUT2D eigenvalue weighted by Gasteiger charge is -2.14. The van der Waals surface area contributed by atoms with Gasteiger partial charge in [-0.1, -0.05) is 30.3 Å². The summed E-state index contributed by atoms with van der Waals surface area (Å²) in [6.07, 6.45) is -4.51. The third-order valence-corrected chi connectivity index (χ3v) is 2.50. The second-order valence-electron chi connectivity index (χ2n) is 4.21. The number of carbonyl (C=O) groups is 2. The van der Waals surface area contributed by atoms with Crippen molar-refractivity contribution in [2.24, 2.45) is 0 Å². The molecule has 0 aliphatic rings. The molecule has 116 valence electrons. The molecule has 0 bridgehead atoms. The van der Waals surface area contributed by atoms with Gasteiger partial charge in [-0.3, -0.25) is 9.59 Å². The number of carbonyl (C=O) groups excluding carboxylic acids is 1. The summed E-state index contributed by atoms with van der Waals surface area (Å²) in [5.41, 5.74) is 0.488. The lowest BCUT2D eigenvalue weighted by molar-refractivity contribution is -0.175. The second-order valence-corrected chi connectivity index (χ2v) is 4.21. The molecule has 1 aromatic carbocycles. The van der Waals surface area contributed by atoms with Crippen LogP contribution in [0.5, 0.6) is 0 Å². The molecular formula is C13H14F3NO4. The van der Waals surface area contributed by atoms with Crippen LogP contribution < -0.4 is 5.32 Å². The number of carboxylic acid groups (broad SMARTS) is 1. The van der Waals surface area contributed by atoms with Crippen LogP contribution in [-0.4, -0.2) is 42.9 Å². The van der Waals surface area contributed by atoms with Gasteiger partial charge >= 0.3 is 12.1 Å². The molecule has 0 heterocycles. The zero-order valence-electron chi connectivity index (χ0n) is 10.9. The van der Waals surface area contributed by atoms with Crippen LogP contribution in [0.25, 0.3) is 0 Å². The molecule has 1 unspecified atom stereocenters. The Morgan fingerprint density at radius 3 is 2.38 bits per heavy atom. The predicted molar refractivity (Wildman–Crippen MR) is 66.7 cm³/mol. The maximum atomic E-state index is 11.8. The highest BCUT2D eigenvalue weighted by atomic mass is 19.4. The third-order valence-electron chi connectivity index (χ3n) is 2.50. The summed E-state index contributed by atoms with van der Waals surface area (Å²) in [5.74, 6) is -2.92. The fourth-order valence-corrected chi connectivity index (χ4v) is 1.56. The standard InChI is InChI=1S/C13H14F3NO4/c14-13(15,16)8-21-7-11(18)17-6-10(12(19)20)9-4-2-1-3-5-9/h1-5,10H,6-8H2,(H,17,18)(H,19,20). The number of hydrogen-bond donors (Lipinski definition) is 2. The van der Waals surface area contributed by atoms with E-state index in [4.69, 9.17) is 5.11 Å². The van der Waals surface area contributed by atoms with Gasteiger partial charge in [-0.25, -0.2) is 0 Å². The van der Waals surface area contributed by atoms with Crippen LogP contribution in [0.1, 0.15) is 11.5 Å². The molecule has 0 aliphatic heterocycles. The van der Waals surface area contributed by atoms with Gasteiger partial charge in [0.05, 0.1) is 5.92 Å². The van der Waals surface area contributed by atoms with Crippen molar-refractivity contribution in [3.05, 3.63) is 35.9 Å². The van der Waals surface area contributed by atoms with Crippen LogP contribution in [-0.2, 0) is 14.3 Å². The number of amides is 1. The number of ether oxygens (including phenoxy) is 1. The van der Waals surface area contributed by atoms with E-state index in [1.54, 1.807) is 30.3 Å². The van der Waals surface area contributed by atoms with E-state index in [1.165, 1.54) is 0 Å². The number of carboxylic acids is 1. The summed E-state index contributed by atoms with van der Waals surface area (Å²) >= 11 is 0. The van der Waals surface area contributed by atoms with E-state index in [-0.39, 0.29) is 6.54 Å². The highest BCUT2D eigenvalue weighted by molar-refractivity contribution is 5.80. The summed E-state index contributed by atoms with van der Waals surface area (Å²) in [6.45, 7) is -2.53. The van der Waals surface area contributed by atoms with E-state index in [0.29, 0.717) is 5.56 Å². The number of aliphatic carboxylic acids is 1. The molecule has 5 nitrogen and oxygen atoms in total. The lowest BCUT2D eigenvalue weighted by Crippen LogP contribution is -2.35. The Hall–Kier alpha value is -2.09. The maximum Gasteiger partial charge on any atom is 0.411 e. The summed E-state index contributed by atoms with van der Waals surface area (Å²) in [5, 5.41) is 11.3. The van der Waals surface area contributed by atoms with Crippen LogP contribution in [0, 0.1) is 0 Å². The first-order valence-corrected chi connectivity index (χ1v) is 5.98. The Morgan fingerprint density at radius 1 is 1.24 bits per heavy atom. The predicted octanol–water partition coefficient (Wildman–Crippen LogP) is 1.55. The van der Waals surface area contributed by atoms with Crippen molar-refractivity contribution in [3.8, 4) is 0 Å². The maximum absolute atomic E-state index is 11.8. The summed E-state index contributed by atoms with van der Waals surface area (Å²) in [6, 6.07) is 8.20. The zero-order valence-corrected chi connectivity index (χ0v) is 10.9. The van der Waals surface area contributed by atoms with Crippen molar-refractivity contribution in [2.75, 3.05) is 19.8 Å². The first kappa shape index (κ1) is 17.0. The Labute approximate surface area is 118 Å². The molecule has 0 aliphatic carbocycles. The normalized spacial score (nSPS) is 12.7.